The largest absolute Gasteiger partial charge is 0.597 e. The SMILES string of the molecule is O=[S](=O)(O)[AlH][Cl]. The normalized spacial score (nSPS) is 11.0. The van der Waals surface area contributed by atoms with Gasteiger partial charge in [0.1, 0.15) is 0 Å². The van der Waals surface area contributed by atoms with E-state index in [1.54, 1.807) is 0 Å². The highest BCUT2D eigenvalue weighted by Crippen LogP contribution is 1.77. The van der Waals surface area contributed by atoms with Crippen molar-refractivity contribution in [3.63, 3.8) is 0 Å². The van der Waals surface area contributed by atoms with Crippen molar-refractivity contribution < 1.29 is 13.0 Å². The monoisotopic (exact) mass is 144 g/mol. The highest BCUT2D eigenvalue weighted by molar-refractivity contribution is 8.15. The molecule has 0 radical (unpaired) electrons. The molecule has 0 heterocycles. The molecule has 6 heavy (non-hydrogen) atoms. The average Bonchev–Trinajstić information content (AvgIpc) is 1.35. The van der Waals surface area contributed by atoms with Crippen LogP contribution in [-0.4, -0.2) is 26.1 Å². The van der Waals surface area contributed by atoms with Crippen molar-refractivity contribution in [2.75, 3.05) is 0 Å². The summed E-state index contributed by atoms with van der Waals surface area (Å²) in [4.78, 5) is 0. The van der Waals surface area contributed by atoms with Crippen LogP contribution < -0.4 is 0 Å². The van der Waals surface area contributed by atoms with Gasteiger partial charge in [0.05, 0.1) is 0 Å². The Morgan fingerprint density at radius 2 is 1.83 bits per heavy atom. The number of hydrogen-bond acceptors (Lipinski definition) is 2. The molecule has 0 aliphatic carbocycles. The molecule has 3 nitrogen and oxygen atoms in total. The van der Waals surface area contributed by atoms with E-state index in [9.17, 15) is 8.42 Å². The highest BCUT2D eigenvalue weighted by Gasteiger charge is 2.04. The van der Waals surface area contributed by atoms with Crippen molar-refractivity contribution in [1.82, 2.24) is 0 Å². The molecule has 0 aromatic heterocycles. The van der Waals surface area contributed by atoms with Crippen LogP contribution in [0.1, 0.15) is 0 Å². The van der Waals surface area contributed by atoms with Crippen LogP contribution in [0.15, 0.2) is 0 Å². The maximum atomic E-state index is 9.49. The Bertz CT molecular complexity index is 113. The Morgan fingerprint density at radius 3 is 1.83 bits per heavy atom. The first-order valence-electron chi connectivity index (χ1n) is 1.07. The van der Waals surface area contributed by atoms with E-state index in [4.69, 9.17) is 14.6 Å². The van der Waals surface area contributed by atoms with Crippen molar-refractivity contribution in [2.24, 2.45) is 0 Å². The van der Waals surface area contributed by atoms with Gasteiger partial charge < -0.3 is 4.55 Å². The Hall–Kier alpha value is 0.732. The van der Waals surface area contributed by atoms with E-state index in [0.29, 0.717) is 0 Å². The van der Waals surface area contributed by atoms with Gasteiger partial charge in [0.15, 0.2) is 8.48 Å². The molecule has 0 fully saturated rings. The fourth-order valence-corrected chi connectivity index (χ4v) is 0. The first-order valence-corrected chi connectivity index (χ1v) is 6.55. The quantitative estimate of drug-likeness (QED) is 0.394. The summed E-state index contributed by atoms with van der Waals surface area (Å²) in [6.45, 7) is 0. The molecule has 6 heteroatoms. The van der Waals surface area contributed by atoms with Gasteiger partial charge in [-0.25, -0.2) is 18.5 Å². The predicted molar refractivity (Wildman–Crippen MR) is 24.6 cm³/mol. The van der Waals surface area contributed by atoms with Crippen molar-refractivity contribution in [3.8, 4) is 0 Å². The molecule has 0 aromatic carbocycles. The Morgan fingerprint density at radius 1 is 1.67 bits per heavy atom. The molecular weight excluding hydrogens is 142 g/mol. The van der Waals surface area contributed by atoms with Crippen molar-refractivity contribution in [1.29, 1.82) is 0 Å². The molecule has 0 aliphatic heterocycles. The fourth-order valence-electron chi connectivity index (χ4n) is 0. The molecule has 0 bridgehead atoms. The number of rotatable bonds is 1. The average molecular weight is 145 g/mol. The van der Waals surface area contributed by atoms with Crippen molar-refractivity contribution >= 4 is 31.7 Å². The van der Waals surface area contributed by atoms with Gasteiger partial charge in [-0.2, -0.15) is 0 Å². The highest BCUT2D eigenvalue weighted by atomic mass is 35.6. The minimum atomic E-state index is -3.76. The van der Waals surface area contributed by atoms with Gasteiger partial charge in [0.25, 0.3) is 0 Å². The molecular formula is H2AlClO3S. The summed E-state index contributed by atoms with van der Waals surface area (Å²) < 4.78 is 26.7. The summed E-state index contributed by atoms with van der Waals surface area (Å²) in [6, 6.07) is 0. The third-order valence-corrected chi connectivity index (χ3v) is 3.72. The third-order valence-electron chi connectivity index (χ3n) is 0.138. The van der Waals surface area contributed by atoms with E-state index in [0.717, 1.165) is 0 Å². The van der Waals surface area contributed by atoms with E-state index in [-0.39, 0.29) is 0 Å². The zero-order chi connectivity index (χ0) is 5.21. The van der Waals surface area contributed by atoms with Crippen LogP contribution in [0.3, 0.4) is 0 Å². The maximum absolute atomic E-state index is 9.49. The van der Waals surface area contributed by atoms with Crippen LogP contribution in [0.4, 0.5) is 0 Å². The fraction of sp³-hybridized carbons (Fsp3) is 0. The standard InChI is InChI=1S/Al.ClH.HO3S.H/c;;1-4(2)3;/h;1H;(H,1,2,3);/q+1;;;/p-1. The molecule has 0 saturated heterocycles. The lowest BCUT2D eigenvalue weighted by atomic mass is 15.9. The van der Waals surface area contributed by atoms with E-state index >= 15 is 0 Å². The topological polar surface area (TPSA) is 54.4 Å². The molecule has 0 rings (SSSR count). The molecule has 0 amide bonds. The number of halogens is 1. The van der Waals surface area contributed by atoms with Crippen LogP contribution in [0, 0.1) is 0 Å². The summed E-state index contributed by atoms with van der Waals surface area (Å²) in [6.07, 6.45) is 0. The maximum Gasteiger partial charge on any atom is 0.597 e. The van der Waals surface area contributed by atoms with Gasteiger partial charge in [0.2, 0.25) is 0 Å². The predicted octanol–water partition coefficient (Wildman–Crippen LogP) is -0.621. The summed E-state index contributed by atoms with van der Waals surface area (Å²) in [7, 11) is 1.02. The minimum absolute atomic E-state index is 1.75. The van der Waals surface area contributed by atoms with Gasteiger partial charge >= 0.3 is 13.2 Å². The van der Waals surface area contributed by atoms with Crippen molar-refractivity contribution in [2.45, 2.75) is 0 Å². The van der Waals surface area contributed by atoms with Crippen LogP contribution in [0.25, 0.3) is 0 Å². The van der Waals surface area contributed by atoms with E-state index < -0.39 is 21.7 Å². The molecule has 0 aliphatic rings. The molecule has 0 unspecified atom stereocenters. The van der Waals surface area contributed by atoms with Crippen molar-refractivity contribution in [3.05, 3.63) is 0 Å². The van der Waals surface area contributed by atoms with E-state index in [1.165, 1.54) is 0 Å². The van der Waals surface area contributed by atoms with Crippen LogP contribution in [-0.2, 0) is 8.48 Å². The lowest BCUT2D eigenvalue weighted by molar-refractivity contribution is 0.501. The smallest absolute Gasteiger partial charge is 0.302 e. The lowest BCUT2D eigenvalue weighted by Gasteiger charge is -1.75. The first kappa shape index (κ1) is 6.73. The molecule has 0 spiro atoms. The molecule has 0 atom stereocenters. The molecule has 0 saturated carbocycles. The first-order chi connectivity index (χ1) is 2.56. The minimum Gasteiger partial charge on any atom is -0.302 e. The second-order valence-corrected chi connectivity index (χ2v) is 6.88. The number of hydrogen-bond donors (Lipinski definition) is 1. The second-order valence-electron chi connectivity index (χ2n) is 0.691. The molecule has 0 aromatic rings. The van der Waals surface area contributed by atoms with Gasteiger partial charge in [0, 0.05) is 0 Å². The summed E-state index contributed by atoms with van der Waals surface area (Å²) in [5, 5.41) is 0. The zero-order valence-corrected chi connectivity index (χ0v) is 5.74. The Kier molecular flexibility index (Phi) is 2.41. The van der Waals surface area contributed by atoms with E-state index in [1.807, 2.05) is 0 Å². The summed E-state index contributed by atoms with van der Waals surface area (Å²) >= 11 is -1.75. The molecule has 1 N–H and O–H groups in total. The molecule has 36 valence electrons. The third kappa shape index (κ3) is 4.73. The van der Waals surface area contributed by atoms with E-state index in [2.05, 4.69) is 0 Å². The van der Waals surface area contributed by atoms with Crippen LogP contribution >= 0.6 is 10.0 Å². The Balaban J connectivity index is 3.85. The van der Waals surface area contributed by atoms with Crippen LogP contribution in [0.5, 0.6) is 0 Å². The van der Waals surface area contributed by atoms with Gasteiger partial charge in [-0.05, 0) is 0 Å². The Labute approximate surface area is 45.0 Å². The van der Waals surface area contributed by atoms with Crippen LogP contribution in [0.2, 0.25) is 0 Å². The van der Waals surface area contributed by atoms with Gasteiger partial charge in [-0.3, -0.25) is 0 Å². The summed E-state index contributed by atoms with van der Waals surface area (Å²) in [5.74, 6) is 0. The lowest BCUT2D eigenvalue weighted by Crippen LogP contribution is -1.99. The zero-order valence-electron chi connectivity index (χ0n) is 2.76. The van der Waals surface area contributed by atoms with Gasteiger partial charge in [-0.1, -0.05) is 0 Å². The summed E-state index contributed by atoms with van der Waals surface area (Å²) in [5.41, 5.74) is 0. The van der Waals surface area contributed by atoms with Gasteiger partial charge in [-0.15, -0.1) is 0 Å². The second kappa shape index (κ2) is 2.15.